The zero-order chi connectivity index (χ0) is 18.9. The van der Waals surface area contributed by atoms with Crippen molar-refractivity contribution in [3.63, 3.8) is 0 Å². The highest BCUT2D eigenvalue weighted by Gasteiger charge is 2.26. The third-order valence-corrected chi connectivity index (χ3v) is 4.10. The third-order valence-electron chi connectivity index (χ3n) is 4.10. The number of anilines is 2. The second-order valence-electron chi connectivity index (χ2n) is 6.25. The van der Waals surface area contributed by atoms with Gasteiger partial charge < -0.3 is 20.7 Å². The Morgan fingerprint density at radius 3 is 2.39 bits per heavy atom. The maximum Gasteiger partial charge on any atom is 0.394 e. The van der Waals surface area contributed by atoms with Gasteiger partial charge in [-0.3, -0.25) is 9.11 Å². The Morgan fingerprint density at radius 1 is 1.21 bits per heavy atom. The molecule has 158 valence electrons. The van der Waals surface area contributed by atoms with Crippen molar-refractivity contribution in [2.45, 2.75) is 31.3 Å². The number of allylic oxidation sites excluding steroid dienone is 1. The summed E-state index contributed by atoms with van der Waals surface area (Å²) in [5, 5.41) is 12.6. The van der Waals surface area contributed by atoms with E-state index in [1.165, 1.54) is 0 Å². The van der Waals surface area contributed by atoms with E-state index in [0.717, 1.165) is 36.2 Å². The minimum Gasteiger partial charge on any atom is -0.396 e. The van der Waals surface area contributed by atoms with Gasteiger partial charge in [0.25, 0.3) is 0 Å². The summed E-state index contributed by atoms with van der Waals surface area (Å²) >= 11 is 0. The first-order valence-corrected chi connectivity index (χ1v) is 9.40. The lowest BCUT2D eigenvalue weighted by molar-refractivity contribution is 0.244. The van der Waals surface area contributed by atoms with Crippen LogP contribution in [0.1, 0.15) is 25.3 Å². The van der Waals surface area contributed by atoms with E-state index in [0.29, 0.717) is 6.04 Å². The van der Waals surface area contributed by atoms with Gasteiger partial charge in [0.05, 0.1) is 12.4 Å². The highest BCUT2D eigenvalue weighted by molar-refractivity contribution is 8.93. The normalized spacial score (nSPS) is 20.7. The molecule has 0 saturated heterocycles. The van der Waals surface area contributed by atoms with Gasteiger partial charge in [-0.2, -0.15) is 18.4 Å². The monoisotopic (exact) mass is 544 g/mol. The number of fused-ring (bicyclic) bond motifs is 1. The lowest BCUT2D eigenvalue weighted by atomic mass is 10.1. The van der Waals surface area contributed by atoms with Crippen molar-refractivity contribution in [3.05, 3.63) is 18.5 Å². The molecule has 14 heteroatoms. The molecule has 28 heavy (non-hydrogen) atoms. The van der Waals surface area contributed by atoms with Gasteiger partial charge in [0.1, 0.15) is 0 Å². The van der Waals surface area contributed by atoms with Crippen LogP contribution in [0.2, 0.25) is 0 Å². The van der Waals surface area contributed by atoms with Crippen LogP contribution in [0.25, 0.3) is 11.2 Å². The van der Waals surface area contributed by atoms with Gasteiger partial charge in [0, 0.05) is 18.6 Å². The number of aliphatic hydroxyl groups is 1. The number of nitrogens with zero attached hydrogens (tertiary/aromatic N) is 4. The van der Waals surface area contributed by atoms with Crippen LogP contribution >= 0.6 is 34.0 Å². The fourth-order valence-corrected chi connectivity index (χ4v) is 2.79. The Bertz CT molecular complexity index is 926. The molecule has 2 atom stereocenters. The maximum atomic E-state index is 9.26. The molecule has 0 bridgehead atoms. The minimum atomic E-state index is -4.67. The maximum absolute atomic E-state index is 9.26. The number of rotatable bonds is 4. The number of imidazole rings is 1. The van der Waals surface area contributed by atoms with Crippen LogP contribution in [0, 0.1) is 5.92 Å². The number of nitrogens with two attached hydrogens (primary N) is 1. The molecule has 0 unspecified atom stereocenters. The molecule has 4 rings (SSSR count). The van der Waals surface area contributed by atoms with Crippen LogP contribution in [-0.2, 0) is 10.4 Å². The van der Waals surface area contributed by atoms with Gasteiger partial charge in [-0.25, -0.2) is 4.98 Å². The van der Waals surface area contributed by atoms with E-state index in [-0.39, 0.29) is 58.5 Å². The molecular weight excluding hydrogens is 524 g/mol. The number of aromatic nitrogens is 4. The van der Waals surface area contributed by atoms with E-state index >= 15 is 0 Å². The first-order valence-electron chi connectivity index (χ1n) is 8.00. The Balaban J connectivity index is 0.000000504. The van der Waals surface area contributed by atoms with Crippen molar-refractivity contribution in [1.29, 1.82) is 0 Å². The van der Waals surface area contributed by atoms with Gasteiger partial charge in [0.15, 0.2) is 17.0 Å². The van der Waals surface area contributed by atoms with Crippen LogP contribution < -0.4 is 11.1 Å². The van der Waals surface area contributed by atoms with Gasteiger partial charge in [-0.15, -0.1) is 34.0 Å². The first kappa shape index (κ1) is 24.7. The molecule has 2 heterocycles. The van der Waals surface area contributed by atoms with Crippen molar-refractivity contribution in [2.75, 3.05) is 17.7 Å². The summed E-state index contributed by atoms with van der Waals surface area (Å²) in [4.78, 5) is 13.1. The van der Waals surface area contributed by atoms with Crippen molar-refractivity contribution < 1.29 is 22.6 Å². The molecule has 0 aromatic carbocycles. The van der Waals surface area contributed by atoms with Crippen molar-refractivity contribution in [1.82, 2.24) is 19.5 Å². The summed E-state index contributed by atoms with van der Waals surface area (Å²) in [6, 6.07) is 0.646. The molecule has 6 N–H and O–H groups in total. The van der Waals surface area contributed by atoms with E-state index in [9.17, 15) is 5.11 Å². The van der Waals surface area contributed by atoms with Crippen molar-refractivity contribution in [3.8, 4) is 0 Å². The molecule has 0 aliphatic heterocycles. The molecule has 0 spiro atoms. The third kappa shape index (κ3) is 6.63. The molecule has 0 amide bonds. The Morgan fingerprint density at radius 2 is 1.86 bits per heavy atom. The smallest absolute Gasteiger partial charge is 0.394 e. The van der Waals surface area contributed by atoms with Crippen LogP contribution in [0.4, 0.5) is 11.8 Å². The summed E-state index contributed by atoms with van der Waals surface area (Å²) in [6.45, 7) is 0.172. The second kappa shape index (κ2) is 9.93. The van der Waals surface area contributed by atoms with Crippen LogP contribution in [-0.4, -0.2) is 54.8 Å². The average molecular weight is 546 g/mol. The summed E-state index contributed by atoms with van der Waals surface area (Å²) in [5.41, 5.74) is 7.35. The lowest BCUT2D eigenvalue weighted by Gasteiger charge is -2.13. The van der Waals surface area contributed by atoms with Crippen LogP contribution in [0.5, 0.6) is 0 Å². The highest BCUT2D eigenvalue weighted by Crippen LogP contribution is 2.32. The molecule has 2 aliphatic carbocycles. The molecular formula is C14H22Br2N6O5S. The topological polar surface area (TPSA) is 176 Å². The minimum absolute atomic E-state index is 0. The number of halogens is 2. The summed E-state index contributed by atoms with van der Waals surface area (Å²) in [7, 11) is -4.67. The zero-order valence-electron chi connectivity index (χ0n) is 14.5. The lowest BCUT2D eigenvalue weighted by Crippen LogP contribution is -2.10. The van der Waals surface area contributed by atoms with Crippen molar-refractivity contribution >= 4 is 67.3 Å². The molecule has 2 aromatic heterocycles. The van der Waals surface area contributed by atoms with E-state index in [4.69, 9.17) is 23.3 Å². The fourth-order valence-electron chi connectivity index (χ4n) is 2.79. The highest BCUT2D eigenvalue weighted by atomic mass is 79.9. The second-order valence-corrected chi connectivity index (χ2v) is 7.15. The SMILES string of the molecule is Br.Br.Nc1nc(NC2CC2)c2ncn([C@H]3C=C[C@@H](CO)C3)c2n1.O=S(=O)(O)O. The van der Waals surface area contributed by atoms with E-state index < -0.39 is 10.4 Å². The Labute approximate surface area is 182 Å². The molecule has 0 radical (unpaired) electrons. The van der Waals surface area contributed by atoms with Gasteiger partial charge in [-0.1, -0.05) is 12.2 Å². The van der Waals surface area contributed by atoms with Gasteiger partial charge >= 0.3 is 10.4 Å². The quantitative estimate of drug-likeness (QED) is 0.280. The first-order chi connectivity index (χ1) is 12.2. The van der Waals surface area contributed by atoms with E-state index in [2.05, 4.69) is 26.3 Å². The predicted molar refractivity (Wildman–Crippen MR) is 115 cm³/mol. The molecule has 2 aliphatic rings. The number of hydrogen-bond acceptors (Lipinski definition) is 8. The number of aliphatic hydroxyl groups excluding tert-OH is 1. The van der Waals surface area contributed by atoms with E-state index in [1.54, 1.807) is 6.33 Å². The standard InChI is InChI=1S/C14H18N6O.2BrH.H2O4S/c15-14-18-12(17-9-2-3-9)11-13(19-14)20(7-16-11)10-4-1-8(5-10)6-21;;;1-5(2,3)4/h1,4,7-10,21H,2-3,5-6H2,(H3,15,17,18,19);2*1H;(H2,1,2,3,4)/t8-,10+;;;/m1.../s1. The molecule has 2 aromatic rings. The number of hydrogen-bond donors (Lipinski definition) is 5. The van der Waals surface area contributed by atoms with Gasteiger partial charge in [-0.05, 0) is 19.3 Å². The van der Waals surface area contributed by atoms with Crippen molar-refractivity contribution in [2.24, 2.45) is 5.92 Å². The summed E-state index contributed by atoms with van der Waals surface area (Å²) < 4.78 is 33.6. The Hall–Kier alpha value is -1.32. The fraction of sp³-hybridized carbons (Fsp3) is 0.500. The summed E-state index contributed by atoms with van der Waals surface area (Å²) in [5.74, 6) is 1.18. The summed E-state index contributed by atoms with van der Waals surface area (Å²) in [6.07, 6.45) is 9.10. The number of nitrogens with one attached hydrogen (secondary N) is 1. The van der Waals surface area contributed by atoms with E-state index in [1.807, 2.05) is 10.6 Å². The zero-order valence-corrected chi connectivity index (χ0v) is 18.8. The predicted octanol–water partition coefficient (Wildman–Crippen LogP) is 1.60. The molecule has 11 nitrogen and oxygen atoms in total. The van der Waals surface area contributed by atoms with Crippen LogP contribution in [0.15, 0.2) is 18.5 Å². The van der Waals surface area contributed by atoms with Gasteiger partial charge in [0.2, 0.25) is 5.95 Å². The molecule has 1 saturated carbocycles. The largest absolute Gasteiger partial charge is 0.396 e. The van der Waals surface area contributed by atoms with Crippen LogP contribution in [0.3, 0.4) is 0 Å². The molecule has 1 fully saturated rings. The average Bonchev–Trinajstić information content (AvgIpc) is 3.07. The Kier molecular flexibility index (Phi) is 8.77. The number of nitrogen functional groups attached to an aromatic ring is 1.